The van der Waals surface area contributed by atoms with Crippen molar-refractivity contribution in [3.8, 4) is 0 Å². The van der Waals surface area contributed by atoms with E-state index >= 15 is 0 Å². The molecule has 2 amide bonds. The summed E-state index contributed by atoms with van der Waals surface area (Å²) in [7, 11) is 0. The van der Waals surface area contributed by atoms with Crippen LogP contribution in [-0.2, 0) is 9.59 Å². The molecule has 1 atom stereocenters. The Morgan fingerprint density at radius 1 is 1.16 bits per heavy atom. The van der Waals surface area contributed by atoms with Gasteiger partial charge in [-0.3, -0.25) is 9.59 Å². The number of nitrogens with one attached hydrogen (secondary N) is 2. The van der Waals surface area contributed by atoms with Gasteiger partial charge in [-0.15, -0.1) is 12.4 Å². The molecule has 2 heterocycles. The van der Waals surface area contributed by atoms with Crippen LogP contribution in [0.4, 0.5) is 13.2 Å². The SMILES string of the molecule is Cl.O=C(NCC1CCN(C(=O)C(F)(F)F)CC1)C1CC12CCNCC2. The Bertz CT molecular complexity index is 501. The number of halogens is 4. The number of rotatable bonds is 3. The summed E-state index contributed by atoms with van der Waals surface area (Å²) < 4.78 is 37.2. The lowest BCUT2D eigenvalue weighted by Gasteiger charge is -2.32. The van der Waals surface area contributed by atoms with E-state index < -0.39 is 12.1 Å². The molecule has 1 saturated carbocycles. The van der Waals surface area contributed by atoms with Crippen molar-refractivity contribution in [1.82, 2.24) is 15.5 Å². The maximum absolute atomic E-state index is 12.4. The minimum atomic E-state index is -4.80. The summed E-state index contributed by atoms with van der Waals surface area (Å²) in [6.07, 6.45) is -0.745. The molecule has 2 N–H and O–H groups in total. The average Bonchev–Trinajstić information content (AvgIpc) is 3.25. The van der Waals surface area contributed by atoms with Crippen molar-refractivity contribution in [2.75, 3.05) is 32.7 Å². The van der Waals surface area contributed by atoms with Gasteiger partial charge in [0.1, 0.15) is 0 Å². The van der Waals surface area contributed by atoms with E-state index in [0.717, 1.165) is 37.3 Å². The lowest BCUT2D eigenvalue weighted by atomic mass is 9.91. The molecule has 1 aliphatic carbocycles. The van der Waals surface area contributed by atoms with Gasteiger partial charge in [0.05, 0.1) is 0 Å². The Hall–Kier alpha value is -1.02. The first-order valence-electron chi connectivity index (χ1n) is 8.66. The second-order valence-electron chi connectivity index (χ2n) is 7.35. The number of piperidine rings is 2. The number of carbonyl (C=O) groups excluding carboxylic acids is 2. The molecule has 25 heavy (non-hydrogen) atoms. The van der Waals surface area contributed by atoms with Crippen LogP contribution in [0.2, 0.25) is 0 Å². The minimum absolute atomic E-state index is 0. The largest absolute Gasteiger partial charge is 0.471 e. The van der Waals surface area contributed by atoms with Crippen LogP contribution in [0.3, 0.4) is 0 Å². The van der Waals surface area contributed by atoms with Crippen molar-refractivity contribution >= 4 is 24.2 Å². The van der Waals surface area contributed by atoms with Crippen LogP contribution in [0.15, 0.2) is 0 Å². The quantitative estimate of drug-likeness (QED) is 0.780. The second kappa shape index (κ2) is 7.70. The monoisotopic (exact) mass is 383 g/mol. The van der Waals surface area contributed by atoms with Gasteiger partial charge in [0, 0.05) is 25.6 Å². The van der Waals surface area contributed by atoms with Crippen LogP contribution >= 0.6 is 12.4 Å². The van der Waals surface area contributed by atoms with Crippen LogP contribution in [0.5, 0.6) is 0 Å². The standard InChI is InChI=1S/C16H24F3N3O2.ClH/c17-16(18,19)14(24)22-7-1-11(2-8-22)10-21-13(23)12-9-15(12)3-5-20-6-4-15;/h11-12,20H,1-10H2,(H,21,23);1H. The number of carbonyl (C=O) groups is 2. The van der Waals surface area contributed by atoms with Gasteiger partial charge in [-0.2, -0.15) is 13.2 Å². The fraction of sp³-hybridized carbons (Fsp3) is 0.875. The average molecular weight is 384 g/mol. The van der Waals surface area contributed by atoms with Gasteiger partial charge in [0.2, 0.25) is 5.91 Å². The van der Waals surface area contributed by atoms with E-state index in [9.17, 15) is 22.8 Å². The molecular formula is C16H25ClF3N3O2. The third kappa shape index (κ3) is 4.58. The number of amides is 2. The molecule has 1 spiro atoms. The third-order valence-electron chi connectivity index (χ3n) is 5.81. The van der Waals surface area contributed by atoms with Gasteiger partial charge in [-0.1, -0.05) is 0 Å². The number of hydrogen-bond acceptors (Lipinski definition) is 3. The van der Waals surface area contributed by atoms with Gasteiger partial charge in [0.15, 0.2) is 0 Å². The summed E-state index contributed by atoms with van der Waals surface area (Å²) >= 11 is 0. The Balaban J connectivity index is 0.00000225. The van der Waals surface area contributed by atoms with E-state index in [1.165, 1.54) is 0 Å². The predicted octanol–water partition coefficient (Wildman–Crippen LogP) is 1.71. The minimum Gasteiger partial charge on any atom is -0.356 e. The fourth-order valence-corrected chi connectivity index (χ4v) is 4.08. The molecule has 3 rings (SSSR count). The molecule has 9 heteroatoms. The highest BCUT2D eigenvalue weighted by Crippen LogP contribution is 2.58. The Morgan fingerprint density at radius 2 is 1.76 bits per heavy atom. The molecular weight excluding hydrogens is 359 g/mol. The molecule has 3 fully saturated rings. The zero-order valence-corrected chi connectivity index (χ0v) is 14.8. The summed E-state index contributed by atoms with van der Waals surface area (Å²) in [4.78, 5) is 24.3. The van der Waals surface area contributed by atoms with Gasteiger partial charge < -0.3 is 15.5 Å². The zero-order valence-electron chi connectivity index (χ0n) is 14.0. The molecule has 0 bridgehead atoms. The number of hydrogen-bond donors (Lipinski definition) is 2. The molecule has 0 radical (unpaired) electrons. The van der Waals surface area contributed by atoms with Crippen LogP contribution in [0, 0.1) is 17.3 Å². The first kappa shape index (κ1) is 20.3. The Kier molecular flexibility index (Phi) is 6.25. The number of alkyl halides is 3. The maximum atomic E-state index is 12.4. The van der Waals surface area contributed by atoms with Crippen LogP contribution in [0.1, 0.15) is 32.1 Å². The van der Waals surface area contributed by atoms with Gasteiger partial charge in [-0.25, -0.2) is 0 Å². The van der Waals surface area contributed by atoms with Gasteiger partial charge in [-0.05, 0) is 56.5 Å². The summed E-state index contributed by atoms with van der Waals surface area (Å²) in [6, 6.07) is 0. The molecule has 0 aromatic heterocycles. The van der Waals surface area contributed by atoms with Crippen molar-refractivity contribution in [2.24, 2.45) is 17.3 Å². The summed E-state index contributed by atoms with van der Waals surface area (Å²) in [6.45, 7) is 2.65. The Labute approximate surface area is 151 Å². The molecule has 3 aliphatic rings. The molecule has 144 valence electrons. The molecule has 2 aliphatic heterocycles. The van der Waals surface area contributed by atoms with E-state index in [-0.39, 0.29) is 48.7 Å². The van der Waals surface area contributed by atoms with Crippen LogP contribution in [0.25, 0.3) is 0 Å². The third-order valence-corrected chi connectivity index (χ3v) is 5.81. The molecule has 1 unspecified atom stereocenters. The highest BCUT2D eigenvalue weighted by molar-refractivity contribution is 5.85. The van der Waals surface area contributed by atoms with E-state index in [0.29, 0.717) is 19.4 Å². The normalized spacial score (nSPS) is 26.0. The predicted molar refractivity (Wildman–Crippen MR) is 88.3 cm³/mol. The lowest BCUT2D eigenvalue weighted by Crippen LogP contribution is -2.46. The van der Waals surface area contributed by atoms with Crippen molar-refractivity contribution < 1.29 is 22.8 Å². The molecule has 2 saturated heterocycles. The van der Waals surface area contributed by atoms with Crippen molar-refractivity contribution in [2.45, 2.75) is 38.3 Å². The topological polar surface area (TPSA) is 61.4 Å². The lowest BCUT2D eigenvalue weighted by molar-refractivity contribution is -0.186. The second-order valence-corrected chi connectivity index (χ2v) is 7.35. The van der Waals surface area contributed by atoms with E-state index in [4.69, 9.17) is 0 Å². The molecule has 0 aromatic carbocycles. The summed E-state index contributed by atoms with van der Waals surface area (Å²) in [5.74, 6) is -1.41. The highest BCUT2D eigenvalue weighted by Gasteiger charge is 2.57. The van der Waals surface area contributed by atoms with Crippen molar-refractivity contribution in [1.29, 1.82) is 0 Å². The smallest absolute Gasteiger partial charge is 0.356 e. The number of likely N-dealkylation sites (tertiary alicyclic amines) is 1. The molecule has 0 aromatic rings. The van der Waals surface area contributed by atoms with E-state index in [2.05, 4.69) is 10.6 Å². The van der Waals surface area contributed by atoms with Crippen LogP contribution in [-0.4, -0.2) is 55.6 Å². The first-order chi connectivity index (χ1) is 11.3. The fourth-order valence-electron chi connectivity index (χ4n) is 4.08. The number of nitrogens with zero attached hydrogens (tertiary/aromatic N) is 1. The summed E-state index contributed by atoms with van der Waals surface area (Å²) in [5, 5.41) is 6.28. The van der Waals surface area contributed by atoms with Gasteiger partial charge >= 0.3 is 12.1 Å². The Morgan fingerprint density at radius 3 is 2.32 bits per heavy atom. The maximum Gasteiger partial charge on any atom is 0.471 e. The van der Waals surface area contributed by atoms with E-state index in [1.807, 2.05) is 0 Å². The van der Waals surface area contributed by atoms with Crippen LogP contribution < -0.4 is 10.6 Å². The zero-order chi connectivity index (χ0) is 17.4. The summed E-state index contributed by atoms with van der Waals surface area (Å²) in [5.41, 5.74) is 0.192. The molecule has 5 nitrogen and oxygen atoms in total. The highest BCUT2D eigenvalue weighted by atomic mass is 35.5. The van der Waals surface area contributed by atoms with Gasteiger partial charge in [0.25, 0.3) is 0 Å². The van der Waals surface area contributed by atoms with E-state index in [1.54, 1.807) is 0 Å². The van der Waals surface area contributed by atoms with Crippen molar-refractivity contribution in [3.05, 3.63) is 0 Å². The van der Waals surface area contributed by atoms with Crippen molar-refractivity contribution in [3.63, 3.8) is 0 Å². The first-order valence-corrected chi connectivity index (χ1v) is 8.66.